The zero-order chi connectivity index (χ0) is 16.5. The molecule has 0 aromatic heterocycles. The SMILES string of the molecule is C=Cc1ccc(C(=O)[O-])cc1.C=Cc1ccc(C(=O)[O-])cc1.[Ca+2]. The van der Waals surface area contributed by atoms with Crippen LogP contribution in [0.2, 0.25) is 0 Å². The van der Waals surface area contributed by atoms with Crippen LogP contribution in [0.1, 0.15) is 31.8 Å². The number of benzene rings is 2. The van der Waals surface area contributed by atoms with Gasteiger partial charge in [-0.25, -0.2) is 0 Å². The van der Waals surface area contributed by atoms with Gasteiger partial charge in [0.05, 0.1) is 11.9 Å². The monoisotopic (exact) mass is 334 g/mol. The van der Waals surface area contributed by atoms with Crippen LogP contribution >= 0.6 is 0 Å². The standard InChI is InChI=1S/2C9H8O2.Ca/c2*1-2-7-3-5-8(6-4-7)9(10)11;/h2*2-6H,1H2,(H,10,11);/q;;+2/p-2. The third-order valence-corrected chi connectivity index (χ3v) is 2.76. The van der Waals surface area contributed by atoms with Crippen LogP contribution in [0.15, 0.2) is 61.7 Å². The van der Waals surface area contributed by atoms with Crippen LogP contribution in [-0.2, 0) is 0 Å². The minimum absolute atomic E-state index is 0. The smallest absolute Gasteiger partial charge is 0.545 e. The Balaban J connectivity index is 0.000000403. The first-order valence-electron chi connectivity index (χ1n) is 6.35. The van der Waals surface area contributed by atoms with Crippen LogP contribution in [0.25, 0.3) is 12.2 Å². The summed E-state index contributed by atoms with van der Waals surface area (Å²) in [4.78, 5) is 20.5. The topological polar surface area (TPSA) is 80.3 Å². The maximum absolute atomic E-state index is 10.3. The number of carbonyl (C=O) groups excluding carboxylic acids is 2. The van der Waals surface area contributed by atoms with Crippen molar-refractivity contribution in [1.29, 1.82) is 0 Å². The van der Waals surface area contributed by atoms with Crippen molar-refractivity contribution < 1.29 is 19.8 Å². The molecule has 0 unspecified atom stereocenters. The number of hydrogen-bond donors (Lipinski definition) is 0. The van der Waals surface area contributed by atoms with Crippen molar-refractivity contribution >= 4 is 61.8 Å². The zero-order valence-corrected chi connectivity index (χ0v) is 14.7. The van der Waals surface area contributed by atoms with Crippen LogP contribution in [0.4, 0.5) is 0 Å². The molecule has 23 heavy (non-hydrogen) atoms. The molecule has 2 rings (SSSR count). The van der Waals surface area contributed by atoms with Gasteiger partial charge in [0.15, 0.2) is 0 Å². The van der Waals surface area contributed by atoms with Crippen LogP contribution in [0.3, 0.4) is 0 Å². The second-order valence-corrected chi connectivity index (χ2v) is 4.23. The Labute approximate surface area is 164 Å². The van der Waals surface area contributed by atoms with E-state index < -0.39 is 11.9 Å². The molecule has 4 nitrogen and oxygen atoms in total. The van der Waals surface area contributed by atoms with Crippen molar-refractivity contribution in [2.45, 2.75) is 0 Å². The molecule has 2 aromatic rings. The molecule has 0 amide bonds. The first-order valence-corrected chi connectivity index (χ1v) is 6.35. The Morgan fingerprint density at radius 2 is 0.957 bits per heavy atom. The van der Waals surface area contributed by atoms with Gasteiger partial charge in [0.1, 0.15) is 0 Å². The van der Waals surface area contributed by atoms with E-state index in [1.54, 1.807) is 36.4 Å². The molecule has 0 heterocycles. The minimum Gasteiger partial charge on any atom is -0.545 e. The van der Waals surface area contributed by atoms with E-state index in [0.717, 1.165) is 11.1 Å². The summed E-state index contributed by atoms with van der Waals surface area (Å²) in [5.74, 6) is -2.30. The summed E-state index contributed by atoms with van der Waals surface area (Å²) in [5, 5.41) is 20.5. The third kappa shape index (κ3) is 7.28. The van der Waals surface area contributed by atoms with Gasteiger partial charge in [-0.15, -0.1) is 0 Å². The molecule has 5 heteroatoms. The third-order valence-electron chi connectivity index (χ3n) is 2.76. The minimum atomic E-state index is -1.15. The van der Waals surface area contributed by atoms with Crippen molar-refractivity contribution in [2.75, 3.05) is 0 Å². The zero-order valence-electron chi connectivity index (χ0n) is 12.5. The molecule has 0 aliphatic rings. The molecule has 112 valence electrons. The van der Waals surface area contributed by atoms with Crippen LogP contribution in [-0.4, -0.2) is 49.7 Å². The molecule has 0 radical (unpaired) electrons. The predicted molar refractivity (Wildman–Crippen MR) is 87.5 cm³/mol. The summed E-state index contributed by atoms with van der Waals surface area (Å²) in [7, 11) is 0. The average molecular weight is 334 g/mol. The molecule has 0 saturated carbocycles. The van der Waals surface area contributed by atoms with E-state index in [1.165, 1.54) is 24.3 Å². The molecule has 0 aliphatic carbocycles. The first-order chi connectivity index (χ1) is 10.5. The average Bonchev–Trinajstić information content (AvgIpc) is 2.55. The molecule has 2 aromatic carbocycles. The number of carboxylic acid groups (broad SMARTS) is 2. The van der Waals surface area contributed by atoms with Crippen molar-refractivity contribution in [3.63, 3.8) is 0 Å². The van der Waals surface area contributed by atoms with Crippen molar-refractivity contribution in [2.24, 2.45) is 0 Å². The fourth-order valence-electron chi connectivity index (χ4n) is 1.51. The Kier molecular flexibility index (Phi) is 9.90. The van der Waals surface area contributed by atoms with Crippen molar-refractivity contribution in [1.82, 2.24) is 0 Å². The summed E-state index contributed by atoms with van der Waals surface area (Å²) in [6, 6.07) is 12.7. The van der Waals surface area contributed by atoms with E-state index in [1.807, 2.05) is 0 Å². The number of aromatic carboxylic acids is 2. The van der Waals surface area contributed by atoms with Crippen molar-refractivity contribution in [3.8, 4) is 0 Å². The summed E-state index contributed by atoms with van der Waals surface area (Å²) in [6.45, 7) is 7.08. The second-order valence-electron chi connectivity index (χ2n) is 4.23. The maximum Gasteiger partial charge on any atom is 2.00 e. The molecule has 0 bridgehead atoms. The van der Waals surface area contributed by atoms with Gasteiger partial charge >= 0.3 is 37.7 Å². The van der Waals surface area contributed by atoms with Gasteiger partial charge in [0, 0.05) is 0 Å². The fraction of sp³-hybridized carbons (Fsp3) is 0. The van der Waals surface area contributed by atoms with Gasteiger partial charge in [0.25, 0.3) is 0 Å². The van der Waals surface area contributed by atoms with E-state index in [4.69, 9.17) is 0 Å². The fourth-order valence-corrected chi connectivity index (χ4v) is 1.51. The van der Waals surface area contributed by atoms with Crippen molar-refractivity contribution in [3.05, 3.63) is 83.9 Å². The van der Waals surface area contributed by atoms with Gasteiger partial charge in [-0.05, 0) is 22.3 Å². The van der Waals surface area contributed by atoms with Gasteiger partial charge in [-0.3, -0.25) is 0 Å². The number of hydrogen-bond acceptors (Lipinski definition) is 4. The Hall–Kier alpha value is -1.88. The maximum atomic E-state index is 10.3. The van der Waals surface area contributed by atoms with E-state index >= 15 is 0 Å². The Bertz CT molecular complexity index is 612. The second kappa shape index (κ2) is 10.8. The van der Waals surface area contributed by atoms with Crippen LogP contribution in [0, 0.1) is 0 Å². The first kappa shape index (κ1) is 21.1. The molecule has 0 aliphatic heterocycles. The van der Waals surface area contributed by atoms with E-state index in [9.17, 15) is 19.8 Å². The summed E-state index contributed by atoms with van der Waals surface area (Å²) in [5.41, 5.74) is 2.18. The van der Waals surface area contributed by atoms with E-state index in [2.05, 4.69) is 13.2 Å². The Morgan fingerprint density at radius 1 is 0.696 bits per heavy atom. The molecule has 0 atom stereocenters. The van der Waals surface area contributed by atoms with Gasteiger partial charge in [-0.2, -0.15) is 0 Å². The Morgan fingerprint density at radius 3 is 1.13 bits per heavy atom. The molecule has 0 saturated heterocycles. The summed E-state index contributed by atoms with van der Waals surface area (Å²) in [6.07, 6.45) is 3.30. The molecular weight excluding hydrogens is 320 g/mol. The van der Waals surface area contributed by atoms with Gasteiger partial charge in [0.2, 0.25) is 0 Å². The van der Waals surface area contributed by atoms with E-state index in [-0.39, 0.29) is 48.9 Å². The largest absolute Gasteiger partial charge is 2.00 e. The number of carboxylic acids is 2. The van der Waals surface area contributed by atoms with Crippen LogP contribution < -0.4 is 10.2 Å². The van der Waals surface area contributed by atoms with E-state index in [0.29, 0.717) is 0 Å². The molecule has 0 N–H and O–H groups in total. The van der Waals surface area contributed by atoms with Gasteiger partial charge < -0.3 is 19.8 Å². The molecular formula is C18H14CaO4. The normalized spacial score (nSPS) is 8.70. The summed E-state index contributed by atoms with van der Waals surface area (Å²) < 4.78 is 0. The number of carbonyl (C=O) groups is 2. The predicted octanol–water partition coefficient (Wildman–Crippen LogP) is 1.01. The molecule has 0 spiro atoms. The quantitative estimate of drug-likeness (QED) is 0.782. The summed E-state index contributed by atoms with van der Waals surface area (Å²) >= 11 is 0. The van der Waals surface area contributed by atoms with Crippen LogP contribution in [0.5, 0.6) is 0 Å². The van der Waals surface area contributed by atoms with Gasteiger partial charge in [-0.1, -0.05) is 73.8 Å². The number of rotatable bonds is 4. The molecule has 0 fully saturated rings.